The van der Waals surface area contributed by atoms with Gasteiger partial charge in [0.15, 0.2) is 11.5 Å². The van der Waals surface area contributed by atoms with Crippen LogP contribution in [0, 0.1) is 33.8 Å². The second-order valence-electron chi connectivity index (χ2n) is 18.1. The molecule has 3 heterocycles. The van der Waals surface area contributed by atoms with Crippen LogP contribution in [-0.4, -0.2) is 101 Å². The predicted molar refractivity (Wildman–Crippen MR) is 241 cm³/mol. The molecule has 0 radical (unpaired) electrons. The molecule has 0 spiro atoms. The highest BCUT2D eigenvalue weighted by molar-refractivity contribution is 6.03. The molecule has 1 saturated heterocycles. The molecule has 3 aliphatic carbocycles. The van der Waals surface area contributed by atoms with Crippen molar-refractivity contribution in [3.8, 4) is 23.0 Å². The van der Waals surface area contributed by atoms with E-state index in [1.165, 1.54) is 12.1 Å². The number of oxime groups is 1. The first-order chi connectivity index (χ1) is 31.8. The Bertz CT molecular complexity index is 2260. The van der Waals surface area contributed by atoms with Crippen LogP contribution in [0.2, 0.25) is 0 Å². The largest absolute Gasteiger partial charge is 0.492 e. The van der Waals surface area contributed by atoms with E-state index in [9.17, 15) is 25.1 Å². The van der Waals surface area contributed by atoms with Gasteiger partial charge in [-0.25, -0.2) is 0 Å². The van der Waals surface area contributed by atoms with Crippen LogP contribution in [0.15, 0.2) is 90.1 Å². The summed E-state index contributed by atoms with van der Waals surface area (Å²) in [6, 6.07) is 17.4. The Morgan fingerprint density at radius 3 is 2.46 bits per heavy atom. The highest BCUT2D eigenvalue weighted by Crippen LogP contribution is 2.62. The predicted octanol–water partition coefficient (Wildman–Crippen LogP) is 7.29. The molecule has 3 aromatic rings. The molecule has 3 fully saturated rings. The first-order valence-electron chi connectivity index (χ1n) is 23.3. The molecule has 15 heteroatoms. The molecule has 9 rings (SSSR count). The topological polar surface area (TPSA) is 175 Å². The van der Waals surface area contributed by atoms with Crippen molar-refractivity contribution in [2.75, 3.05) is 52.9 Å². The van der Waals surface area contributed by atoms with Gasteiger partial charge in [0.2, 0.25) is 18.5 Å². The van der Waals surface area contributed by atoms with Crippen LogP contribution in [0.4, 0.5) is 5.69 Å². The van der Waals surface area contributed by atoms with E-state index in [-0.39, 0.29) is 81.5 Å². The van der Waals surface area contributed by atoms with Gasteiger partial charge < -0.3 is 43.6 Å². The molecule has 3 aromatic carbocycles. The zero-order chi connectivity index (χ0) is 44.9. The highest BCUT2D eigenvalue weighted by atomic mass is 16.7. The van der Waals surface area contributed by atoms with Crippen LogP contribution in [-0.2, 0) is 27.5 Å². The summed E-state index contributed by atoms with van der Waals surface area (Å²) in [5, 5.41) is 36.3. The number of hydrogen-bond acceptors (Lipinski definition) is 13. The summed E-state index contributed by atoms with van der Waals surface area (Å²) >= 11 is 0. The van der Waals surface area contributed by atoms with Gasteiger partial charge in [-0.05, 0) is 110 Å². The van der Waals surface area contributed by atoms with Gasteiger partial charge in [0.05, 0.1) is 23.2 Å². The van der Waals surface area contributed by atoms with Crippen LogP contribution < -0.4 is 18.9 Å². The third kappa shape index (κ3) is 9.74. The van der Waals surface area contributed by atoms with Crippen LogP contribution >= 0.6 is 0 Å². The Morgan fingerprint density at radius 2 is 1.72 bits per heavy atom. The molecule has 0 aromatic heterocycles. The van der Waals surface area contributed by atoms with Gasteiger partial charge in [0.25, 0.3) is 5.69 Å². The van der Waals surface area contributed by atoms with Gasteiger partial charge in [-0.2, -0.15) is 0 Å². The molecule has 1 amide bonds. The van der Waals surface area contributed by atoms with Crippen molar-refractivity contribution < 1.29 is 48.5 Å². The number of fused-ring (bicyclic) bond motifs is 3. The number of allylic oxidation sites excluding steroid dienone is 1. The second kappa shape index (κ2) is 19.9. The first kappa shape index (κ1) is 44.7. The molecule has 15 nitrogen and oxygen atoms in total. The lowest BCUT2D eigenvalue weighted by Gasteiger charge is -2.60. The van der Waals surface area contributed by atoms with Crippen LogP contribution in [0.25, 0.3) is 0 Å². The quantitative estimate of drug-likeness (QED) is 0.0321. The van der Waals surface area contributed by atoms with Gasteiger partial charge in [-0.3, -0.25) is 19.8 Å². The van der Waals surface area contributed by atoms with Gasteiger partial charge in [0.1, 0.15) is 30.8 Å². The number of non-ortho nitro benzene ring substituents is 1. The molecule has 0 unspecified atom stereocenters. The highest BCUT2D eigenvalue weighted by Gasteiger charge is 2.66. The first-order valence-corrected chi connectivity index (χ1v) is 23.3. The van der Waals surface area contributed by atoms with E-state index >= 15 is 0 Å². The molecule has 3 aliphatic heterocycles. The minimum atomic E-state index is -1.41. The summed E-state index contributed by atoms with van der Waals surface area (Å²) in [4.78, 5) is 36.4. The average molecular weight is 893 g/mol. The Morgan fingerprint density at radius 1 is 0.969 bits per heavy atom. The Balaban J connectivity index is 1.20. The van der Waals surface area contributed by atoms with Crippen molar-refractivity contribution in [2.24, 2.45) is 28.8 Å². The maximum Gasteiger partial charge on any atom is 0.269 e. The molecule has 346 valence electrons. The van der Waals surface area contributed by atoms with Gasteiger partial charge >= 0.3 is 0 Å². The third-order valence-electron chi connectivity index (χ3n) is 13.8. The SMILES string of the molecule is C=CCO[C@@]12Oc3ccc(OCCN4CC4)cc3[C@H]3[C@H](CCCCO)[C@@H](CCCCO)C=C(C(=NOCc4ccc([N+](=O)[O-])cc4)C[C@@H]1N(Cc1ccc4c(c1)OCO4)C(=O)C1CC1)[C@H]32. The normalized spacial score (nSPS) is 25.5. The Labute approximate surface area is 379 Å². The number of aliphatic hydroxyl groups excluding tert-OH is 2. The van der Waals surface area contributed by atoms with Crippen molar-refractivity contribution >= 4 is 17.3 Å². The fraction of sp³-hybridized carbons (Fsp3) is 0.520. The van der Waals surface area contributed by atoms with E-state index in [1.807, 2.05) is 35.2 Å². The summed E-state index contributed by atoms with van der Waals surface area (Å²) in [5.74, 6) is 0.547. The minimum absolute atomic E-state index is 0.00565. The van der Waals surface area contributed by atoms with Crippen LogP contribution in [0.1, 0.15) is 80.4 Å². The third-order valence-corrected chi connectivity index (χ3v) is 13.8. The molecule has 65 heavy (non-hydrogen) atoms. The standard InChI is InChI=1S/C50H60N4O11/c1-2-24-63-50-46(53(49(57)35-12-13-35)30-34-11-17-44-45(26-34)62-32-61-44)29-42(51-64-31-33-9-14-37(15-10-33)54(58)59)40-27-36(7-3-5-22-55)39(8-4-6-23-56)47(48(40)50)41-28-38(16-18-43(41)65-50)60-25-21-52-19-20-52/h2,9-11,14-18,26-28,35-36,39,46-48,55-56H,1,3-8,12-13,19-25,29-32H2/t36-,39+,46-,47+,48+,50+/m0/s1. The van der Waals surface area contributed by atoms with Crippen molar-refractivity contribution in [1.82, 2.24) is 9.80 Å². The van der Waals surface area contributed by atoms with Gasteiger partial charge in [-0.1, -0.05) is 36.2 Å². The second-order valence-corrected chi connectivity index (χ2v) is 18.1. The summed E-state index contributed by atoms with van der Waals surface area (Å²) in [5.41, 5.74) is 4.15. The fourth-order valence-corrected chi connectivity index (χ4v) is 10.4. The molecular formula is C50H60N4O11. The van der Waals surface area contributed by atoms with Gasteiger partial charge in [0, 0.05) is 75.3 Å². The molecule has 6 aliphatic rings. The molecule has 2 saturated carbocycles. The molecular weight excluding hydrogens is 833 g/mol. The number of hydrogen-bond donors (Lipinski definition) is 2. The smallest absolute Gasteiger partial charge is 0.269 e. The van der Waals surface area contributed by atoms with Crippen molar-refractivity contribution in [1.29, 1.82) is 0 Å². The number of nitro benzene ring substituents is 1. The number of carbonyl (C=O) groups excluding carboxylic acids is 1. The lowest BCUT2D eigenvalue weighted by molar-refractivity contribution is -0.384. The lowest BCUT2D eigenvalue weighted by atomic mass is 9.55. The van der Waals surface area contributed by atoms with Crippen molar-refractivity contribution in [2.45, 2.75) is 88.7 Å². The summed E-state index contributed by atoms with van der Waals surface area (Å²) < 4.78 is 32.5. The molecule has 0 bridgehead atoms. The number of amides is 1. The number of nitrogens with zero attached hydrogens (tertiary/aromatic N) is 4. The van der Waals surface area contributed by atoms with E-state index in [0.717, 1.165) is 80.6 Å². The van der Waals surface area contributed by atoms with Gasteiger partial charge in [-0.15, -0.1) is 6.58 Å². The number of nitro groups is 1. The fourth-order valence-electron chi connectivity index (χ4n) is 10.4. The average Bonchev–Trinajstić information content (AvgIpc) is 4.27. The van der Waals surface area contributed by atoms with E-state index in [2.05, 4.69) is 23.6 Å². The Hall–Kier alpha value is -5.48. The lowest BCUT2D eigenvalue weighted by Crippen LogP contribution is -2.70. The van der Waals surface area contributed by atoms with E-state index in [0.29, 0.717) is 48.0 Å². The number of ether oxygens (including phenoxy) is 5. The summed E-state index contributed by atoms with van der Waals surface area (Å²) in [6.45, 7) is 8.39. The minimum Gasteiger partial charge on any atom is -0.492 e. The molecule has 2 N–H and O–H groups in total. The zero-order valence-electron chi connectivity index (χ0n) is 36.9. The van der Waals surface area contributed by atoms with Crippen molar-refractivity contribution in [3.05, 3.63) is 112 Å². The number of unbranched alkanes of at least 4 members (excludes halogenated alkanes) is 2. The Kier molecular flexibility index (Phi) is 13.7. The number of benzene rings is 3. The zero-order valence-corrected chi connectivity index (χ0v) is 36.9. The number of aliphatic hydroxyl groups is 2. The number of carbonyl (C=O) groups is 1. The summed E-state index contributed by atoms with van der Waals surface area (Å²) in [7, 11) is 0. The van der Waals surface area contributed by atoms with Crippen LogP contribution in [0.3, 0.4) is 0 Å². The maximum absolute atomic E-state index is 15.0. The van der Waals surface area contributed by atoms with E-state index in [4.69, 9.17) is 33.7 Å². The van der Waals surface area contributed by atoms with E-state index in [1.54, 1.807) is 18.2 Å². The van der Waals surface area contributed by atoms with E-state index < -0.39 is 22.7 Å². The maximum atomic E-state index is 15.0. The van der Waals surface area contributed by atoms with Crippen LogP contribution in [0.5, 0.6) is 23.0 Å². The molecule has 6 atom stereocenters. The monoisotopic (exact) mass is 892 g/mol. The number of rotatable bonds is 23. The summed E-state index contributed by atoms with van der Waals surface area (Å²) in [6.07, 6.45) is 10.4. The van der Waals surface area contributed by atoms with Crippen molar-refractivity contribution in [3.63, 3.8) is 0 Å².